The lowest BCUT2D eigenvalue weighted by Gasteiger charge is -2.34. The number of nitrogens with two attached hydrogens (primary N) is 1. The van der Waals surface area contributed by atoms with Crippen LogP contribution in [0.15, 0.2) is 35.7 Å². The van der Waals surface area contributed by atoms with Gasteiger partial charge in [0.05, 0.1) is 5.57 Å². The van der Waals surface area contributed by atoms with Gasteiger partial charge in [0.25, 0.3) is 5.91 Å². The van der Waals surface area contributed by atoms with Crippen LogP contribution in [0.25, 0.3) is 0 Å². The Kier molecular flexibility index (Phi) is 2.64. The first-order chi connectivity index (χ1) is 10.3. The van der Waals surface area contributed by atoms with E-state index in [0.29, 0.717) is 11.3 Å². The lowest BCUT2D eigenvalue weighted by Crippen LogP contribution is -2.51. The van der Waals surface area contributed by atoms with Crippen molar-refractivity contribution in [1.82, 2.24) is 4.90 Å². The number of amides is 2. The van der Waals surface area contributed by atoms with E-state index in [9.17, 15) is 14.9 Å². The molecule has 1 spiro atoms. The molecule has 2 aliphatic rings. The summed E-state index contributed by atoms with van der Waals surface area (Å²) < 4.78 is 0. The van der Waals surface area contributed by atoms with E-state index in [-0.39, 0.29) is 11.4 Å². The summed E-state index contributed by atoms with van der Waals surface area (Å²) in [5.74, 6) is -0.951. The van der Waals surface area contributed by atoms with Gasteiger partial charge in [-0.15, -0.1) is 0 Å². The molecule has 1 atom stereocenters. The Morgan fingerprint density at radius 2 is 1.91 bits per heavy atom. The summed E-state index contributed by atoms with van der Waals surface area (Å²) in [6.07, 6.45) is 0. The molecular weight excluding hydrogens is 280 g/mol. The van der Waals surface area contributed by atoms with E-state index < -0.39 is 22.8 Å². The maximum absolute atomic E-state index is 13.1. The summed E-state index contributed by atoms with van der Waals surface area (Å²) in [5.41, 5.74) is 4.79. The summed E-state index contributed by atoms with van der Waals surface area (Å²) in [6.45, 7) is 5.43. The molecule has 2 aliphatic heterocycles. The summed E-state index contributed by atoms with van der Waals surface area (Å²) in [6, 6.07) is 8.87. The van der Waals surface area contributed by atoms with Crippen molar-refractivity contribution in [1.29, 1.82) is 5.26 Å². The molecular formula is C16H16N4O2. The van der Waals surface area contributed by atoms with Gasteiger partial charge in [0.2, 0.25) is 5.91 Å². The average Bonchev–Trinajstić information content (AvgIpc) is 2.84. The molecule has 3 rings (SSSR count). The number of nitrogens with one attached hydrogen (secondary N) is 1. The molecule has 6 nitrogen and oxygen atoms in total. The van der Waals surface area contributed by atoms with Gasteiger partial charge in [0.15, 0.2) is 5.41 Å². The van der Waals surface area contributed by atoms with Crippen molar-refractivity contribution in [2.45, 2.75) is 31.7 Å². The molecule has 6 heteroatoms. The lowest BCUT2D eigenvalue weighted by atomic mass is 9.76. The van der Waals surface area contributed by atoms with Crippen LogP contribution in [0.5, 0.6) is 0 Å². The second-order valence-corrected chi connectivity index (χ2v) is 6.43. The van der Waals surface area contributed by atoms with Gasteiger partial charge in [0, 0.05) is 16.8 Å². The summed E-state index contributed by atoms with van der Waals surface area (Å²) in [5, 5.41) is 12.3. The van der Waals surface area contributed by atoms with Crippen molar-refractivity contribution < 1.29 is 9.59 Å². The van der Waals surface area contributed by atoms with Crippen LogP contribution in [0.2, 0.25) is 0 Å². The van der Waals surface area contributed by atoms with Crippen molar-refractivity contribution in [2.24, 2.45) is 5.73 Å². The van der Waals surface area contributed by atoms with Crippen LogP contribution in [0.3, 0.4) is 0 Å². The third-order valence-electron chi connectivity index (χ3n) is 4.10. The smallest absolute Gasteiger partial charge is 0.254 e. The average molecular weight is 296 g/mol. The predicted octanol–water partition coefficient (Wildman–Crippen LogP) is 1.21. The number of carbonyl (C=O) groups is 2. The second-order valence-electron chi connectivity index (χ2n) is 6.43. The number of hydrogen-bond acceptors (Lipinski definition) is 4. The number of carbonyl (C=O) groups excluding carboxylic acids is 2. The fraction of sp³-hybridized carbons (Fsp3) is 0.312. The molecule has 0 aliphatic carbocycles. The number of nitriles is 1. The molecule has 1 unspecified atom stereocenters. The molecule has 1 aromatic carbocycles. The molecule has 0 radical (unpaired) electrons. The Bertz CT molecular complexity index is 782. The second kappa shape index (κ2) is 4.10. The molecule has 0 saturated carbocycles. The Hall–Kier alpha value is -2.81. The first-order valence-electron chi connectivity index (χ1n) is 6.92. The van der Waals surface area contributed by atoms with Gasteiger partial charge in [-0.3, -0.25) is 14.5 Å². The monoisotopic (exact) mass is 296 g/mol. The first kappa shape index (κ1) is 14.1. The van der Waals surface area contributed by atoms with Crippen LogP contribution < -0.4 is 11.1 Å². The van der Waals surface area contributed by atoms with Gasteiger partial charge in [-0.2, -0.15) is 5.26 Å². The summed E-state index contributed by atoms with van der Waals surface area (Å²) in [4.78, 5) is 27.1. The van der Waals surface area contributed by atoms with Crippen molar-refractivity contribution >= 4 is 17.5 Å². The Balaban J connectivity index is 2.35. The Morgan fingerprint density at radius 3 is 2.50 bits per heavy atom. The third kappa shape index (κ3) is 1.43. The number of nitrogens with zero attached hydrogens (tertiary/aromatic N) is 2. The van der Waals surface area contributed by atoms with Gasteiger partial charge in [0.1, 0.15) is 11.9 Å². The number of anilines is 1. The molecule has 0 saturated heterocycles. The maximum atomic E-state index is 13.1. The van der Waals surface area contributed by atoms with Crippen LogP contribution in [-0.4, -0.2) is 22.3 Å². The minimum absolute atomic E-state index is 0.00475. The molecule has 0 fully saturated rings. The van der Waals surface area contributed by atoms with E-state index in [2.05, 4.69) is 5.32 Å². The van der Waals surface area contributed by atoms with Gasteiger partial charge in [-0.25, -0.2) is 0 Å². The molecule has 0 bridgehead atoms. The number of rotatable bonds is 0. The number of benzene rings is 1. The van der Waals surface area contributed by atoms with Crippen LogP contribution in [0, 0.1) is 11.3 Å². The van der Waals surface area contributed by atoms with Crippen molar-refractivity contribution in [2.75, 3.05) is 5.32 Å². The van der Waals surface area contributed by atoms with E-state index in [4.69, 9.17) is 5.73 Å². The highest BCUT2D eigenvalue weighted by Crippen LogP contribution is 2.50. The molecule has 22 heavy (non-hydrogen) atoms. The van der Waals surface area contributed by atoms with E-state index >= 15 is 0 Å². The minimum atomic E-state index is -1.66. The largest absolute Gasteiger partial charge is 0.384 e. The van der Waals surface area contributed by atoms with Crippen molar-refractivity contribution in [3.63, 3.8) is 0 Å². The van der Waals surface area contributed by atoms with Gasteiger partial charge in [-0.1, -0.05) is 18.2 Å². The van der Waals surface area contributed by atoms with Crippen LogP contribution in [-0.2, 0) is 15.0 Å². The highest BCUT2D eigenvalue weighted by molar-refractivity contribution is 6.25. The lowest BCUT2D eigenvalue weighted by molar-refractivity contribution is -0.139. The standard InChI is InChI=1S/C16H16N4O2/c1-15(2,3)20-12(18)10(8-17)16(14(20)22)9-6-4-5-7-11(9)19-13(16)21/h4-7H,18H2,1-3H3,(H,19,21). The fourth-order valence-corrected chi connectivity index (χ4v) is 3.21. The number of hydrogen-bond donors (Lipinski definition) is 2. The molecule has 2 amide bonds. The number of para-hydroxylation sites is 1. The van der Waals surface area contributed by atoms with Crippen molar-refractivity contribution in [3.8, 4) is 6.07 Å². The predicted molar refractivity (Wildman–Crippen MR) is 80.2 cm³/mol. The quantitative estimate of drug-likeness (QED) is 0.703. The SMILES string of the molecule is CC(C)(C)N1C(=O)C2(C(=O)Nc3ccccc32)C(C#N)=C1N. The fourth-order valence-electron chi connectivity index (χ4n) is 3.21. The van der Waals surface area contributed by atoms with Gasteiger partial charge >= 0.3 is 0 Å². The van der Waals surface area contributed by atoms with Crippen LogP contribution in [0.1, 0.15) is 26.3 Å². The number of fused-ring (bicyclic) bond motifs is 2. The minimum Gasteiger partial charge on any atom is -0.384 e. The van der Waals surface area contributed by atoms with E-state index in [1.807, 2.05) is 26.8 Å². The molecule has 3 N–H and O–H groups in total. The molecule has 1 aromatic rings. The zero-order valence-corrected chi connectivity index (χ0v) is 12.6. The Labute approximate surface area is 128 Å². The van der Waals surface area contributed by atoms with Gasteiger partial charge in [-0.05, 0) is 26.8 Å². The van der Waals surface area contributed by atoms with E-state index in [0.717, 1.165) is 0 Å². The summed E-state index contributed by atoms with van der Waals surface area (Å²) >= 11 is 0. The van der Waals surface area contributed by atoms with E-state index in [1.165, 1.54) is 4.90 Å². The zero-order chi connectivity index (χ0) is 16.3. The van der Waals surface area contributed by atoms with Crippen LogP contribution >= 0.6 is 0 Å². The first-order valence-corrected chi connectivity index (χ1v) is 6.92. The molecule has 2 heterocycles. The third-order valence-corrected chi connectivity index (χ3v) is 4.10. The highest BCUT2D eigenvalue weighted by atomic mass is 16.2. The Morgan fingerprint density at radius 1 is 1.27 bits per heavy atom. The van der Waals surface area contributed by atoms with E-state index in [1.54, 1.807) is 24.3 Å². The highest BCUT2D eigenvalue weighted by Gasteiger charge is 2.64. The van der Waals surface area contributed by atoms with Crippen LogP contribution in [0.4, 0.5) is 5.69 Å². The molecule has 0 aromatic heterocycles. The topological polar surface area (TPSA) is 99.2 Å². The zero-order valence-electron chi connectivity index (χ0n) is 12.6. The molecule has 112 valence electrons. The van der Waals surface area contributed by atoms with Crippen molar-refractivity contribution in [3.05, 3.63) is 41.2 Å². The van der Waals surface area contributed by atoms with Gasteiger partial charge < -0.3 is 11.1 Å². The maximum Gasteiger partial charge on any atom is 0.254 e. The summed E-state index contributed by atoms with van der Waals surface area (Å²) in [7, 11) is 0. The normalized spacial score (nSPS) is 23.8.